The number of carbonyl (C=O) groups excluding carboxylic acids is 1. The van der Waals surface area contributed by atoms with Crippen molar-refractivity contribution in [1.29, 1.82) is 0 Å². The molecule has 1 amide bonds. The van der Waals surface area contributed by atoms with Crippen LogP contribution in [0, 0.1) is 6.92 Å². The fraction of sp³-hybridized carbons (Fsp3) is 0.238. The summed E-state index contributed by atoms with van der Waals surface area (Å²) in [5.74, 6) is -0.514. The number of alkyl halides is 3. The summed E-state index contributed by atoms with van der Waals surface area (Å²) in [5, 5.41) is 10.6. The molecule has 2 N–H and O–H groups in total. The maximum absolute atomic E-state index is 13.8. The summed E-state index contributed by atoms with van der Waals surface area (Å²) >= 11 is 12.0. The first-order chi connectivity index (χ1) is 14.6. The zero-order chi connectivity index (χ0) is 22.3. The first-order valence-electron chi connectivity index (χ1n) is 9.38. The standard InChI is InChI=1S/C21H17Cl2F3N4O/c1-11-14(23)3-2-4-15(11)28-20(31)17-10-19-27-16(12-5-7-13(22)8-6-12)9-18(21(24,25)26)30(19)29-17/h2-8,10,16,18,27H,9H2,1H3,(H,28,31)/t16-,18-/m0/s1. The minimum Gasteiger partial charge on any atom is -0.363 e. The average Bonchev–Trinajstić information content (AvgIpc) is 3.14. The number of fused-ring (bicyclic) bond motifs is 1. The maximum atomic E-state index is 13.8. The van der Waals surface area contributed by atoms with Gasteiger partial charge < -0.3 is 10.6 Å². The summed E-state index contributed by atoms with van der Waals surface area (Å²) in [7, 11) is 0. The van der Waals surface area contributed by atoms with Crippen molar-refractivity contribution in [2.45, 2.75) is 31.6 Å². The Balaban J connectivity index is 1.65. The van der Waals surface area contributed by atoms with Crippen LogP contribution in [0.5, 0.6) is 0 Å². The van der Waals surface area contributed by atoms with Crippen molar-refractivity contribution >= 4 is 40.6 Å². The molecule has 1 aromatic heterocycles. The van der Waals surface area contributed by atoms with Crippen molar-refractivity contribution in [3.8, 4) is 0 Å². The Morgan fingerprint density at radius 1 is 1.19 bits per heavy atom. The van der Waals surface area contributed by atoms with Gasteiger partial charge in [0.15, 0.2) is 11.7 Å². The molecule has 0 bridgehead atoms. The number of hydrogen-bond donors (Lipinski definition) is 2. The van der Waals surface area contributed by atoms with Crippen molar-refractivity contribution in [3.63, 3.8) is 0 Å². The van der Waals surface area contributed by atoms with Gasteiger partial charge in [-0.1, -0.05) is 41.4 Å². The fourth-order valence-electron chi connectivity index (χ4n) is 3.53. The minimum absolute atomic E-state index is 0.112. The van der Waals surface area contributed by atoms with E-state index in [4.69, 9.17) is 23.2 Å². The summed E-state index contributed by atoms with van der Waals surface area (Å²) in [5.41, 5.74) is 1.64. The van der Waals surface area contributed by atoms with Gasteiger partial charge in [-0.05, 0) is 42.3 Å². The van der Waals surface area contributed by atoms with E-state index in [1.807, 2.05) is 0 Å². The predicted molar refractivity (Wildman–Crippen MR) is 114 cm³/mol. The number of halogens is 5. The van der Waals surface area contributed by atoms with Gasteiger partial charge in [-0.25, -0.2) is 4.68 Å². The molecule has 2 aromatic carbocycles. The lowest BCUT2D eigenvalue weighted by atomic mass is 9.97. The largest absolute Gasteiger partial charge is 0.410 e. The lowest BCUT2D eigenvalue weighted by Gasteiger charge is -2.33. The second-order valence-corrected chi connectivity index (χ2v) is 8.11. The van der Waals surface area contributed by atoms with Gasteiger partial charge in [-0.15, -0.1) is 0 Å². The highest BCUT2D eigenvalue weighted by Gasteiger charge is 2.46. The molecule has 0 aliphatic carbocycles. The summed E-state index contributed by atoms with van der Waals surface area (Å²) in [6.07, 6.45) is -4.81. The molecule has 1 aliphatic rings. The van der Waals surface area contributed by atoms with Crippen LogP contribution in [0.25, 0.3) is 0 Å². The first-order valence-corrected chi connectivity index (χ1v) is 10.1. The minimum atomic E-state index is -4.54. The van der Waals surface area contributed by atoms with Gasteiger partial charge in [0.25, 0.3) is 5.91 Å². The third-order valence-corrected chi connectivity index (χ3v) is 5.87. The number of anilines is 2. The number of aromatic nitrogens is 2. The molecule has 2 atom stereocenters. The molecule has 0 fully saturated rings. The molecule has 3 aromatic rings. The van der Waals surface area contributed by atoms with E-state index in [0.717, 1.165) is 4.68 Å². The van der Waals surface area contributed by atoms with Crippen molar-refractivity contribution in [3.05, 3.63) is 75.4 Å². The molecule has 10 heteroatoms. The molecule has 0 radical (unpaired) electrons. The molecule has 2 heterocycles. The monoisotopic (exact) mass is 468 g/mol. The number of amides is 1. The lowest BCUT2D eigenvalue weighted by Crippen LogP contribution is -2.35. The van der Waals surface area contributed by atoms with Gasteiger partial charge in [-0.2, -0.15) is 18.3 Å². The van der Waals surface area contributed by atoms with Crippen LogP contribution in [-0.4, -0.2) is 21.9 Å². The summed E-state index contributed by atoms with van der Waals surface area (Å²) in [4.78, 5) is 12.7. The SMILES string of the molecule is Cc1c(Cl)cccc1NC(=O)c1cc2n(n1)[C@H](C(F)(F)F)C[C@@H](c1ccc(Cl)cc1)N2. The van der Waals surface area contributed by atoms with Crippen molar-refractivity contribution in [2.75, 3.05) is 10.6 Å². The van der Waals surface area contributed by atoms with E-state index in [0.29, 0.717) is 26.9 Å². The number of nitrogens with zero attached hydrogens (tertiary/aromatic N) is 2. The van der Waals surface area contributed by atoms with Crippen LogP contribution in [0.2, 0.25) is 10.0 Å². The normalized spacial score (nSPS) is 18.3. The zero-order valence-electron chi connectivity index (χ0n) is 16.2. The van der Waals surface area contributed by atoms with Crippen molar-refractivity contribution in [2.24, 2.45) is 0 Å². The van der Waals surface area contributed by atoms with Gasteiger partial charge in [0, 0.05) is 28.2 Å². The van der Waals surface area contributed by atoms with Crippen LogP contribution in [-0.2, 0) is 0 Å². The molecule has 162 valence electrons. The quantitative estimate of drug-likeness (QED) is 0.466. The second-order valence-electron chi connectivity index (χ2n) is 7.27. The van der Waals surface area contributed by atoms with Crippen molar-refractivity contribution < 1.29 is 18.0 Å². The van der Waals surface area contributed by atoms with Crippen LogP contribution in [0.15, 0.2) is 48.5 Å². The molecule has 0 spiro atoms. The maximum Gasteiger partial charge on any atom is 0.410 e. The Kier molecular flexibility index (Phi) is 5.61. The van der Waals surface area contributed by atoms with E-state index in [-0.39, 0.29) is 17.9 Å². The number of nitrogens with one attached hydrogen (secondary N) is 2. The molecule has 1 aliphatic heterocycles. The van der Waals surface area contributed by atoms with Gasteiger partial charge >= 0.3 is 6.18 Å². The predicted octanol–water partition coefficient (Wildman–Crippen LogP) is 6.41. The Hall–Kier alpha value is -2.71. The van der Waals surface area contributed by atoms with Gasteiger partial charge in [0.05, 0.1) is 6.04 Å². The summed E-state index contributed by atoms with van der Waals surface area (Å²) in [6, 6.07) is 10.4. The lowest BCUT2D eigenvalue weighted by molar-refractivity contribution is -0.173. The highest BCUT2D eigenvalue weighted by molar-refractivity contribution is 6.31. The summed E-state index contributed by atoms with van der Waals surface area (Å²) in [6.45, 7) is 1.73. The molecule has 31 heavy (non-hydrogen) atoms. The van der Waals surface area contributed by atoms with Gasteiger partial charge in [0.1, 0.15) is 5.82 Å². The van der Waals surface area contributed by atoms with E-state index in [2.05, 4.69) is 15.7 Å². The molecule has 0 saturated heterocycles. The number of rotatable bonds is 3. The van der Waals surface area contributed by atoms with Crippen LogP contribution in [0.3, 0.4) is 0 Å². The molecule has 4 rings (SSSR count). The Bertz CT molecular complexity index is 1130. The average molecular weight is 469 g/mol. The van der Waals surface area contributed by atoms with E-state index >= 15 is 0 Å². The van der Waals surface area contributed by atoms with E-state index in [1.165, 1.54) is 6.07 Å². The van der Waals surface area contributed by atoms with Gasteiger partial charge in [0.2, 0.25) is 0 Å². The number of benzene rings is 2. The number of hydrogen-bond acceptors (Lipinski definition) is 3. The molecular formula is C21H17Cl2F3N4O. The Morgan fingerprint density at radius 2 is 1.90 bits per heavy atom. The van der Waals surface area contributed by atoms with Crippen LogP contribution < -0.4 is 10.6 Å². The fourth-order valence-corrected chi connectivity index (χ4v) is 3.83. The smallest absolute Gasteiger partial charge is 0.363 e. The van der Waals surface area contributed by atoms with E-state index in [1.54, 1.807) is 49.4 Å². The second kappa shape index (κ2) is 8.09. The third kappa shape index (κ3) is 4.36. The topological polar surface area (TPSA) is 59.0 Å². The molecule has 0 saturated carbocycles. The highest BCUT2D eigenvalue weighted by atomic mass is 35.5. The highest BCUT2D eigenvalue weighted by Crippen LogP contribution is 2.43. The summed E-state index contributed by atoms with van der Waals surface area (Å²) < 4.78 is 42.2. The van der Waals surface area contributed by atoms with Crippen LogP contribution >= 0.6 is 23.2 Å². The van der Waals surface area contributed by atoms with Crippen molar-refractivity contribution in [1.82, 2.24) is 9.78 Å². The molecule has 0 unspecified atom stereocenters. The third-order valence-electron chi connectivity index (χ3n) is 5.21. The Labute approximate surface area is 186 Å². The van der Waals surface area contributed by atoms with E-state index in [9.17, 15) is 18.0 Å². The number of carbonyl (C=O) groups is 1. The van der Waals surface area contributed by atoms with E-state index < -0.39 is 24.2 Å². The first kappa shape index (κ1) is 21.5. The molecular weight excluding hydrogens is 452 g/mol. The van der Waals surface area contributed by atoms with Crippen LogP contribution in [0.1, 0.15) is 40.1 Å². The van der Waals surface area contributed by atoms with Gasteiger partial charge in [-0.3, -0.25) is 4.79 Å². The molecule has 5 nitrogen and oxygen atoms in total. The van der Waals surface area contributed by atoms with Crippen LogP contribution in [0.4, 0.5) is 24.7 Å². The zero-order valence-corrected chi connectivity index (χ0v) is 17.7. The Morgan fingerprint density at radius 3 is 2.58 bits per heavy atom.